The van der Waals surface area contributed by atoms with E-state index in [2.05, 4.69) is 27.5 Å². The molecule has 0 saturated carbocycles. The van der Waals surface area contributed by atoms with Crippen molar-refractivity contribution >= 4 is 29.9 Å². The number of rotatable bonds is 12. The molecule has 0 bridgehead atoms. The van der Waals surface area contributed by atoms with Gasteiger partial charge in [0.25, 0.3) is 0 Å². The van der Waals surface area contributed by atoms with Gasteiger partial charge >= 0.3 is 0 Å². The van der Waals surface area contributed by atoms with Crippen LogP contribution in [0.25, 0.3) is 11.5 Å². The lowest BCUT2D eigenvalue weighted by Crippen LogP contribution is -2.38. The van der Waals surface area contributed by atoms with Crippen molar-refractivity contribution < 1.29 is 13.5 Å². The lowest BCUT2D eigenvalue weighted by Gasteiger charge is -2.10. The molecule has 0 saturated heterocycles. The number of hydrogen-bond donors (Lipinski definition) is 2. The van der Waals surface area contributed by atoms with E-state index in [0.29, 0.717) is 18.9 Å². The van der Waals surface area contributed by atoms with Gasteiger partial charge in [0.1, 0.15) is 12.1 Å². The fourth-order valence-electron chi connectivity index (χ4n) is 2.50. The first-order valence-corrected chi connectivity index (χ1v) is 10.0. The molecule has 0 unspecified atom stereocenters. The third kappa shape index (κ3) is 10.1. The molecule has 0 atom stereocenters. The standard InChI is InChI=1S/C21H31FN4O2.HI/c1-3-5-14-27-15-6-12-24-21(23-4-2)25-13-11-19-16-28-20(26-19)17-7-9-18(22)10-8-17;/h7-10,16H,3-6,11-15H2,1-2H3,(H2,23,24,25);1H. The number of aliphatic imine (C=N–C) groups is 1. The quantitative estimate of drug-likeness (QED) is 0.189. The summed E-state index contributed by atoms with van der Waals surface area (Å²) in [4.78, 5) is 9.02. The maximum absolute atomic E-state index is 13.0. The molecule has 2 N–H and O–H groups in total. The molecule has 6 nitrogen and oxygen atoms in total. The van der Waals surface area contributed by atoms with E-state index in [4.69, 9.17) is 9.15 Å². The third-order valence-electron chi connectivity index (χ3n) is 4.02. The molecule has 29 heavy (non-hydrogen) atoms. The molecule has 1 aromatic carbocycles. The second-order valence-electron chi connectivity index (χ2n) is 6.41. The van der Waals surface area contributed by atoms with Crippen LogP contribution in [-0.2, 0) is 11.2 Å². The second kappa shape index (κ2) is 15.2. The highest BCUT2D eigenvalue weighted by Gasteiger charge is 2.07. The van der Waals surface area contributed by atoms with Gasteiger partial charge in [0.05, 0.1) is 5.69 Å². The molecular formula is C21H32FIN4O2. The molecule has 8 heteroatoms. The van der Waals surface area contributed by atoms with Gasteiger partial charge in [-0.15, -0.1) is 24.0 Å². The molecule has 2 aromatic rings. The maximum Gasteiger partial charge on any atom is 0.226 e. The Morgan fingerprint density at radius 1 is 1.14 bits per heavy atom. The summed E-state index contributed by atoms with van der Waals surface area (Å²) in [5, 5.41) is 6.54. The summed E-state index contributed by atoms with van der Waals surface area (Å²) in [6, 6.07) is 6.11. The van der Waals surface area contributed by atoms with Gasteiger partial charge in [-0.3, -0.25) is 4.99 Å². The van der Waals surface area contributed by atoms with Gasteiger partial charge in [0, 0.05) is 44.8 Å². The Bertz CT molecular complexity index is 707. The molecule has 0 spiro atoms. The summed E-state index contributed by atoms with van der Waals surface area (Å²) >= 11 is 0. The average Bonchev–Trinajstić information content (AvgIpc) is 3.16. The van der Waals surface area contributed by atoms with Gasteiger partial charge in [-0.2, -0.15) is 0 Å². The number of nitrogens with one attached hydrogen (secondary N) is 2. The number of ether oxygens (including phenoxy) is 1. The number of guanidine groups is 1. The van der Waals surface area contributed by atoms with Crippen molar-refractivity contribution in [2.75, 3.05) is 32.8 Å². The van der Waals surface area contributed by atoms with Crippen molar-refractivity contribution in [3.63, 3.8) is 0 Å². The smallest absolute Gasteiger partial charge is 0.226 e. The fourth-order valence-corrected chi connectivity index (χ4v) is 2.50. The van der Waals surface area contributed by atoms with Crippen molar-refractivity contribution in [1.82, 2.24) is 15.6 Å². The molecule has 0 radical (unpaired) electrons. The summed E-state index contributed by atoms with van der Waals surface area (Å²) in [6.07, 6.45) is 5.51. The van der Waals surface area contributed by atoms with Crippen LogP contribution in [0.2, 0.25) is 0 Å². The highest BCUT2D eigenvalue weighted by molar-refractivity contribution is 14.0. The van der Waals surface area contributed by atoms with Gasteiger partial charge in [0.15, 0.2) is 5.96 Å². The van der Waals surface area contributed by atoms with Crippen molar-refractivity contribution in [1.29, 1.82) is 0 Å². The second-order valence-corrected chi connectivity index (χ2v) is 6.41. The molecule has 0 aliphatic heterocycles. The molecular weight excluding hydrogens is 486 g/mol. The molecule has 0 aliphatic rings. The summed E-state index contributed by atoms with van der Waals surface area (Å²) in [5.41, 5.74) is 1.60. The predicted octanol–water partition coefficient (Wildman–Crippen LogP) is 4.40. The predicted molar refractivity (Wildman–Crippen MR) is 125 cm³/mol. The van der Waals surface area contributed by atoms with E-state index >= 15 is 0 Å². The normalized spacial score (nSPS) is 11.2. The first-order valence-electron chi connectivity index (χ1n) is 10.0. The van der Waals surface area contributed by atoms with E-state index in [-0.39, 0.29) is 29.8 Å². The molecule has 0 fully saturated rings. The Kier molecular flexibility index (Phi) is 13.3. The van der Waals surface area contributed by atoms with Crippen LogP contribution in [0.3, 0.4) is 0 Å². The molecule has 1 heterocycles. The number of hydrogen-bond acceptors (Lipinski definition) is 4. The minimum Gasteiger partial charge on any atom is -0.444 e. The maximum atomic E-state index is 13.0. The van der Waals surface area contributed by atoms with Crippen molar-refractivity contribution in [3.8, 4) is 11.5 Å². The molecule has 0 aliphatic carbocycles. The number of benzene rings is 1. The zero-order valence-electron chi connectivity index (χ0n) is 17.2. The average molecular weight is 518 g/mol. The van der Waals surface area contributed by atoms with Crippen LogP contribution in [-0.4, -0.2) is 43.8 Å². The Balaban J connectivity index is 0.00000420. The fraction of sp³-hybridized carbons (Fsp3) is 0.524. The minimum absolute atomic E-state index is 0. The first kappa shape index (κ1) is 25.4. The lowest BCUT2D eigenvalue weighted by atomic mass is 10.2. The molecule has 0 amide bonds. The van der Waals surface area contributed by atoms with Crippen LogP contribution in [0.1, 0.15) is 38.8 Å². The van der Waals surface area contributed by atoms with Crippen LogP contribution in [0.15, 0.2) is 39.9 Å². The van der Waals surface area contributed by atoms with Crippen LogP contribution in [0.4, 0.5) is 4.39 Å². The van der Waals surface area contributed by atoms with Gasteiger partial charge in [0.2, 0.25) is 5.89 Å². The van der Waals surface area contributed by atoms with Crippen molar-refractivity contribution in [2.45, 2.75) is 39.5 Å². The van der Waals surface area contributed by atoms with E-state index in [1.54, 1.807) is 18.4 Å². The van der Waals surface area contributed by atoms with Crippen molar-refractivity contribution in [3.05, 3.63) is 42.0 Å². The number of aromatic nitrogens is 1. The van der Waals surface area contributed by atoms with E-state index in [1.807, 2.05) is 6.92 Å². The van der Waals surface area contributed by atoms with Gasteiger partial charge < -0.3 is 19.8 Å². The zero-order chi connectivity index (χ0) is 20.0. The Hall–Kier alpha value is -1.68. The van der Waals surface area contributed by atoms with Gasteiger partial charge in [-0.05, 0) is 44.0 Å². The highest BCUT2D eigenvalue weighted by atomic mass is 127. The Morgan fingerprint density at radius 2 is 1.90 bits per heavy atom. The third-order valence-corrected chi connectivity index (χ3v) is 4.02. The molecule has 1 aromatic heterocycles. The van der Waals surface area contributed by atoms with E-state index in [1.165, 1.54) is 12.1 Å². The van der Waals surface area contributed by atoms with Gasteiger partial charge in [-0.1, -0.05) is 13.3 Å². The monoisotopic (exact) mass is 518 g/mol. The Labute approximate surface area is 189 Å². The molecule has 2 rings (SSSR count). The van der Waals surface area contributed by atoms with Crippen LogP contribution in [0, 0.1) is 5.82 Å². The van der Waals surface area contributed by atoms with E-state index in [9.17, 15) is 4.39 Å². The summed E-state index contributed by atoms with van der Waals surface area (Å²) in [5.74, 6) is 1.01. The summed E-state index contributed by atoms with van der Waals surface area (Å²) in [7, 11) is 0. The lowest BCUT2D eigenvalue weighted by molar-refractivity contribution is 0.130. The van der Waals surface area contributed by atoms with Gasteiger partial charge in [-0.25, -0.2) is 9.37 Å². The number of halogens is 2. The van der Waals surface area contributed by atoms with Crippen LogP contribution in [0.5, 0.6) is 0 Å². The Morgan fingerprint density at radius 3 is 2.62 bits per heavy atom. The van der Waals surface area contributed by atoms with Crippen LogP contribution >= 0.6 is 24.0 Å². The first-order chi connectivity index (χ1) is 13.7. The van der Waals surface area contributed by atoms with Crippen LogP contribution < -0.4 is 10.6 Å². The number of unbranched alkanes of at least 4 members (excludes halogenated alkanes) is 1. The summed E-state index contributed by atoms with van der Waals surface area (Å²) < 4.78 is 24.1. The topological polar surface area (TPSA) is 71.7 Å². The summed E-state index contributed by atoms with van der Waals surface area (Å²) in [6.45, 7) is 7.98. The van der Waals surface area contributed by atoms with E-state index in [0.717, 1.165) is 62.8 Å². The molecule has 162 valence electrons. The zero-order valence-corrected chi connectivity index (χ0v) is 19.6. The van der Waals surface area contributed by atoms with E-state index < -0.39 is 0 Å². The number of oxazole rings is 1. The largest absolute Gasteiger partial charge is 0.444 e. The van der Waals surface area contributed by atoms with Crippen molar-refractivity contribution in [2.24, 2.45) is 4.99 Å². The number of nitrogens with zero attached hydrogens (tertiary/aromatic N) is 2. The highest BCUT2D eigenvalue weighted by Crippen LogP contribution is 2.18. The minimum atomic E-state index is -0.275. The SMILES string of the molecule is CCCCOCCCN=C(NCC)NCCc1coc(-c2ccc(F)cc2)n1.I.